The monoisotopic (exact) mass is 1290 g/mol. The zero-order chi connectivity index (χ0) is 64.1. The smallest absolute Gasteiger partial charge is 0.445 e. The van der Waals surface area contributed by atoms with Crippen molar-refractivity contribution in [1.82, 2.24) is 59.9 Å². The first-order valence-corrected chi connectivity index (χ1v) is 30.9. The van der Waals surface area contributed by atoms with Gasteiger partial charge in [-0.15, -0.1) is 0 Å². The van der Waals surface area contributed by atoms with Gasteiger partial charge in [-0.1, -0.05) is 44.5 Å². The van der Waals surface area contributed by atoms with Gasteiger partial charge >= 0.3 is 27.8 Å². The van der Waals surface area contributed by atoms with E-state index in [0.29, 0.717) is 30.4 Å². The minimum atomic E-state index is -5.40. The molecule has 0 bridgehead atoms. The first-order valence-electron chi connectivity index (χ1n) is 27.9. The van der Waals surface area contributed by atoms with Crippen molar-refractivity contribution in [2.75, 3.05) is 37.8 Å². The van der Waals surface area contributed by atoms with Gasteiger partial charge in [0.25, 0.3) is 22.9 Å². The number of imide groups is 1. The van der Waals surface area contributed by atoms with Crippen molar-refractivity contribution in [3.63, 3.8) is 0 Å². The van der Waals surface area contributed by atoms with Crippen molar-refractivity contribution in [3.8, 4) is 0 Å². The predicted octanol–water partition coefficient (Wildman–Crippen LogP) is -0.352. The van der Waals surface area contributed by atoms with E-state index in [1.54, 1.807) is 38.1 Å². The molecule has 8 heterocycles. The van der Waals surface area contributed by atoms with Crippen LogP contribution >= 0.6 is 15.6 Å². The number of phosphoric ester groups is 2. The van der Waals surface area contributed by atoms with Gasteiger partial charge in [-0.25, -0.2) is 28.7 Å². The Hall–Kier alpha value is -8.15. The number of carbonyl (C=O) groups is 7. The summed E-state index contributed by atoms with van der Waals surface area (Å²) in [6.07, 6.45) is -7.11. The van der Waals surface area contributed by atoms with Gasteiger partial charge in [0.15, 0.2) is 40.6 Å². The molecule has 89 heavy (non-hydrogen) atoms. The summed E-state index contributed by atoms with van der Waals surface area (Å²) in [7, 11) is -10.7. The van der Waals surface area contributed by atoms with Gasteiger partial charge in [0.2, 0.25) is 17.8 Å². The average Bonchev–Trinajstić information content (AvgIpc) is 1.90. The van der Waals surface area contributed by atoms with E-state index in [9.17, 15) is 67.2 Å². The maximum atomic E-state index is 14.0. The molecule has 0 aliphatic carbocycles. The third-order valence-electron chi connectivity index (χ3n) is 15.0. The Labute approximate surface area is 502 Å². The van der Waals surface area contributed by atoms with Gasteiger partial charge in [0.05, 0.1) is 31.9 Å². The Balaban J connectivity index is 0.860. The summed E-state index contributed by atoms with van der Waals surface area (Å²) in [6.45, 7) is 1.45. The quantitative estimate of drug-likeness (QED) is 0.0226. The molecule has 480 valence electrons. The summed E-state index contributed by atoms with van der Waals surface area (Å²) in [5, 5.41) is 19.3. The molecule has 14 N–H and O–H groups in total. The van der Waals surface area contributed by atoms with Gasteiger partial charge in [0, 0.05) is 50.4 Å². The molecule has 4 unspecified atom stereocenters. The number of Topliss-reactive ketones (excluding diaryl/α,β-unsaturated/α-hetero) is 2. The van der Waals surface area contributed by atoms with Crippen LogP contribution in [-0.4, -0.2) is 169 Å². The molecular weight excluding hydrogens is 1220 g/mol. The highest BCUT2D eigenvalue weighted by Crippen LogP contribution is 2.54. The molecule has 9 rings (SSSR count). The highest BCUT2D eigenvalue weighted by atomic mass is 31.2. The van der Waals surface area contributed by atoms with Crippen molar-refractivity contribution in [3.05, 3.63) is 80.9 Å². The minimum absolute atomic E-state index is 0.0940. The number of hydrogen-bond donors (Lipinski definition) is 11. The second-order valence-corrected chi connectivity index (χ2v) is 24.4. The normalized spacial score (nSPS) is 26.1. The van der Waals surface area contributed by atoms with Crippen molar-refractivity contribution in [2.24, 2.45) is 17.6 Å². The number of fused-ring (bicyclic) bond motifs is 4. The van der Waals surface area contributed by atoms with Crippen molar-refractivity contribution < 1.29 is 89.9 Å². The lowest BCUT2D eigenvalue weighted by atomic mass is 9.88. The minimum Gasteiger partial charge on any atom is -0.445 e. The number of nitrogen functional groups attached to an aromatic ring is 2. The van der Waals surface area contributed by atoms with Crippen molar-refractivity contribution >= 4 is 91.3 Å². The zero-order valence-electron chi connectivity index (χ0n) is 47.6. The number of phosphoric acid groups is 2. The third kappa shape index (κ3) is 15.8. The molecule has 6 amide bonds. The van der Waals surface area contributed by atoms with Crippen LogP contribution in [0.15, 0.2) is 58.7 Å². The summed E-state index contributed by atoms with van der Waals surface area (Å²) in [5.74, 6) is -3.66. The molecule has 4 aromatic heterocycles. The molecule has 38 heteroatoms. The molecule has 5 aromatic rings. The summed E-state index contributed by atoms with van der Waals surface area (Å²) < 4.78 is 69.3. The van der Waals surface area contributed by atoms with E-state index in [1.165, 1.54) is 12.2 Å². The fourth-order valence-corrected chi connectivity index (χ4v) is 12.4. The predicted molar refractivity (Wildman–Crippen MR) is 304 cm³/mol. The molecule has 12 atom stereocenters. The van der Waals surface area contributed by atoms with Crippen molar-refractivity contribution in [2.45, 2.75) is 127 Å². The second kappa shape index (κ2) is 27.7. The first kappa shape index (κ1) is 65.3. The summed E-state index contributed by atoms with van der Waals surface area (Å²) in [6, 6.07) is 2.72. The molecule has 0 radical (unpaired) electrons. The Kier molecular flexibility index (Phi) is 20.3. The number of nitrogens with zero attached hydrogens (tertiary/aromatic N) is 7. The van der Waals surface area contributed by atoms with Crippen LogP contribution < -0.4 is 44.3 Å². The van der Waals surface area contributed by atoms with E-state index >= 15 is 0 Å². The lowest BCUT2D eigenvalue weighted by Crippen LogP contribution is -2.48. The van der Waals surface area contributed by atoms with Crippen LogP contribution in [0.3, 0.4) is 0 Å². The first-order chi connectivity index (χ1) is 42.2. The number of rotatable bonds is 23. The standard InChI is InChI=1S/C51H65N15O21P2/c1-24(2)28(18-27(67)7-4-3-5-16-64-33(69)13-14-34(64)70)43(72)58-29(8-6-15-55-50(54)75)30(68)17-25-9-11-26(12-10-25)19-81-51(76)59-35-39-31(84-46(35)65-22-56-36-41(65)60-48(52)62-44(36)73)20-82-89(79,80)87-40-32(21-83-88(77,78)86-39)85-47(38(40)71)66-23-57-37-42(66)61-49(53)63-45(37)74/h9-14,22-24,28-29,31-32,35,38-40,46-47,71H,3-8,15-21H2,1-2H3,(H,58,72)(H,59,76)(H,77,78)(H,79,80)(H3,54,55,75)(H3,52,60,62,73)(H3,53,61,63,74)/t28-,29-,31+,32+,35-,38?,39?,40-,46+,47+/m0/s1. The molecule has 36 nitrogen and oxygen atoms in total. The maximum Gasteiger partial charge on any atom is 0.472 e. The number of hydrogen-bond acceptors (Lipinski definition) is 25. The Bertz CT molecular complexity index is 3740. The number of anilines is 2. The van der Waals surface area contributed by atoms with E-state index in [1.807, 2.05) is 0 Å². The van der Waals surface area contributed by atoms with Crippen LogP contribution in [0.4, 0.5) is 21.5 Å². The van der Waals surface area contributed by atoms with E-state index in [4.69, 9.17) is 49.5 Å². The molecule has 3 saturated heterocycles. The number of nitrogens with two attached hydrogens (primary N) is 3. The van der Waals surface area contributed by atoms with Gasteiger partial charge in [-0.3, -0.25) is 75.7 Å². The van der Waals surface area contributed by atoms with E-state index < -0.39 is 131 Å². The van der Waals surface area contributed by atoms with E-state index in [0.717, 1.165) is 26.7 Å². The molecule has 1 aromatic carbocycles. The molecule has 4 aliphatic rings. The number of nitrogens with one attached hydrogen (secondary N) is 5. The number of ether oxygens (including phenoxy) is 3. The number of aromatic nitrogens is 8. The lowest BCUT2D eigenvalue weighted by molar-refractivity contribution is -0.137. The molecular formula is C51H65N15O21P2. The topological polar surface area (TPSA) is 523 Å². The van der Waals surface area contributed by atoms with Crippen LogP contribution in [-0.2, 0) is 78.4 Å². The molecule has 0 saturated carbocycles. The Morgan fingerprint density at radius 2 is 1.35 bits per heavy atom. The lowest BCUT2D eigenvalue weighted by Gasteiger charge is -2.29. The number of primary amides is 1. The van der Waals surface area contributed by atoms with Gasteiger partial charge in [0.1, 0.15) is 49.0 Å². The molecule has 4 aliphatic heterocycles. The van der Waals surface area contributed by atoms with Crippen LogP contribution in [0.25, 0.3) is 22.3 Å². The average molecular weight is 1290 g/mol. The third-order valence-corrected chi connectivity index (χ3v) is 16.9. The van der Waals surface area contributed by atoms with Crippen LogP contribution in [0.1, 0.15) is 82.4 Å². The number of unbranched alkanes of at least 4 members (excludes halogenated alkanes) is 2. The number of carbonyl (C=O) groups excluding carboxylic acids is 7. The number of ketones is 2. The number of urea groups is 1. The SMILES string of the molecule is CC(C)[C@H](CC(=O)CCCCCN1C(=O)C=CC1=O)C(=O)N[C@@H](CCCNC(N)=O)C(=O)Cc1ccc(COC(=O)N[C@H]2C3OP(=O)(O)OC[C@H]4O[C@@H](n5cnc6c(=O)[nH]c(N)nc65)C(O)[C@H]4OP(=O)(O)OC[C@H]3O[C@H]2n2cnc3c(=O)[nH]c(N)nc32)cc1. The Morgan fingerprint density at radius 1 is 0.787 bits per heavy atom. The van der Waals surface area contributed by atoms with Gasteiger partial charge in [-0.05, 0) is 42.7 Å². The number of aliphatic hydroxyl groups excluding tert-OH is 1. The summed E-state index contributed by atoms with van der Waals surface area (Å²) in [4.78, 5) is 160. The highest BCUT2D eigenvalue weighted by Gasteiger charge is 2.55. The van der Waals surface area contributed by atoms with E-state index in [-0.39, 0.29) is 103 Å². The number of alkyl carbamates (subject to hydrolysis) is 1. The molecule has 3 fully saturated rings. The van der Waals surface area contributed by atoms with Crippen LogP contribution in [0.5, 0.6) is 0 Å². The van der Waals surface area contributed by atoms with E-state index in [2.05, 4.69) is 45.9 Å². The number of amides is 6. The number of benzene rings is 1. The number of aliphatic hydroxyl groups is 1. The zero-order valence-corrected chi connectivity index (χ0v) is 49.4. The van der Waals surface area contributed by atoms with Crippen LogP contribution in [0, 0.1) is 11.8 Å². The highest BCUT2D eigenvalue weighted by molar-refractivity contribution is 7.47. The Morgan fingerprint density at radius 3 is 1.94 bits per heavy atom. The fraction of sp³-hybridized carbons (Fsp3) is 0.510. The number of H-pyrrole nitrogens is 2. The van der Waals surface area contributed by atoms with Crippen LogP contribution in [0.2, 0.25) is 0 Å². The molecule has 0 spiro atoms. The number of imidazole rings is 2. The summed E-state index contributed by atoms with van der Waals surface area (Å²) >= 11 is 0. The van der Waals surface area contributed by atoms with Crippen molar-refractivity contribution in [1.29, 1.82) is 0 Å². The summed E-state index contributed by atoms with van der Waals surface area (Å²) in [5.41, 5.74) is 15.3. The van der Waals surface area contributed by atoms with Gasteiger partial charge in [-0.2, -0.15) is 9.97 Å². The maximum absolute atomic E-state index is 14.0. The largest absolute Gasteiger partial charge is 0.472 e. The van der Waals surface area contributed by atoms with Gasteiger partial charge < -0.3 is 62.3 Å². The number of aromatic amines is 2. The fourth-order valence-electron chi connectivity index (χ4n) is 10.5. The second-order valence-electron chi connectivity index (χ2n) is 21.6.